The normalized spacial score (nSPS) is 12.6. The van der Waals surface area contributed by atoms with Gasteiger partial charge in [-0.25, -0.2) is 13.2 Å². The number of nitrogens with zero attached hydrogens (tertiary/aromatic N) is 1. The van der Waals surface area contributed by atoms with Gasteiger partial charge in [0, 0.05) is 18.0 Å². The average Bonchev–Trinajstić information content (AvgIpc) is 2.90. The molecule has 4 aromatic rings. The van der Waals surface area contributed by atoms with Crippen molar-refractivity contribution in [3.63, 3.8) is 0 Å². The van der Waals surface area contributed by atoms with Crippen LogP contribution in [0.1, 0.15) is 12.0 Å². The monoisotopic (exact) mass is 498 g/mol. The van der Waals surface area contributed by atoms with Crippen LogP contribution in [0.15, 0.2) is 108 Å². The molecule has 1 heterocycles. The van der Waals surface area contributed by atoms with Crippen LogP contribution in [0.4, 0.5) is 0 Å². The summed E-state index contributed by atoms with van der Waals surface area (Å²) < 4.78 is 32.2. The molecule has 7 nitrogen and oxygen atoms in total. The van der Waals surface area contributed by atoms with Crippen LogP contribution in [0.25, 0.3) is 11.1 Å². The van der Waals surface area contributed by atoms with Gasteiger partial charge >= 0.3 is 5.97 Å². The number of carboxylic acids is 1. The van der Waals surface area contributed by atoms with Crippen LogP contribution >= 0.6 is 0 Å². The number of sulfone groups is 1. The summed E-state index contributed by atoms with van der Waals surface area (Å²) in [6.45, 7) is 0. The largest absolute Gasteiger partial charge is 0.479 e. The first-order valence-electron chi connectivity index (χ1n) is 10.9. The Kier molecular flexibility index (Phi) is 7.15. The van der Waals surface area contributed by atoms with E-state index in [0.717, 1.165) is 11.1 Å². The molecule has 0 aliphatic carbocycles. The Balaban J connectivity index is 1.53. The molecular weight excluding hydrogens is 476 g/mol. The number of nitrogens with two attached hydrogens (primary N) is 1. The van der Waals surface area contributed by atoms with E-state index in [1.54, 1.807) is 30.5 Å². The number of aliphatic carboxylic acids is 1. The number of aromatic nitrogens is 1. The van der Waals surface area contributed by atoms with Gasteiger partial charge in [-0.1, -0.05) is 54.3 Å². The first kappa shape index (κ1) is 24.7. The maximum atomic E-state index is 13.2. The van der Waals surface area contributed by atoms with Crippen LogP contribution < -0.4 is 10.5 Å². The molecular formula is C28H22N2O5S. The van der Waals surface area contributed by atoms with Gasteiger partial charge in [0.25, 0.3) is 0 Å². The summed E-state index contributed by atoms with van der Waals surface area (Å²) in [7, 11) is -4.45. The number of hydrogen-bond acceptors (Lipinski definition) is 6. The quantitative estimate of drug-likeness (QED) is 0.360. The summed E-state index contributed by atoms with van der Waals surface area (Å²) in [4.78, 5) is 13.0. The standard InChI is InChI=1S/C28H22N2O5S/c29-28(27(31)32,18-4-6-21-7-5-19-30-20-21)36(33,34)26-16-12-23(13-17-26)22-10-14-25(15-11-22)35-24-8-2-1-3-9-24/h1-3,5,7-17,19-20H,18,29H2,(H,31,32). The molecule has 1 atom stereocenters. The second-order valence-electron chi connectivity index (χ2n) is 7.88. The number of carboxylic acid groups (broad SMARTS) is 1. The lowest BCUT2D eigenvalue weighted by Gasteiger charge is -2.22. The molecule has 4 rings (SSSR count). The molecule has 0 saturated carbocycles. The number of para-hydroxylation sites is 1. The highest BCUT2D eigenvalue weighted by atomic mass is 32.2. The van der Waals surface area contributed by atoms with Crippen LogP contribution in [-0.4, -0.2) is 29.3 Å². The second kappa shape index (κ2) is 10.4. The molecule has 36 heavy (non-hydrogen) atoms. The summed E-state index contributed by atoms with van der Waals surface area (Å²) in [5.41, 5.74) is 8.02. The summed E-state index contributed by atoms with van der Waals surface area (Å²) >= 11 is 0. The fourth-order valence-corrected chi connectivity index (χ4v) is 4.78. The zero-order chi connectivity index (χ0) is 25.6. The lowest BCUT2D eigenvalue weighted by atomic mass is 10.1. The summed E-state index contributed by atoms with van der Waals surface area (Å²) in [5, 5.41) is 9.69. The minimum atomic E-state index is -4.45. The molecule has 1 unspecified atom stereocenters. The first-order chi connectivity index (χ1) is 17.3. The fourth-order valence-electron chi connectivity index (χ4n) is 3.38. The van der Waals surface area contributed by atoms with Crippen molar-refractivity contribution < 1.29 is 23.1 Å². The predicted molar refractivity (Wildman–Crippen MR) is 136 cm³/mol. The van der Waals surface area contributed by atoms with Crippen molar-refractivity contribution in [3.8, 4) is 34.5 Å². The maximum absolute atomic E-state index is 13.2. The van der Waals surface area contributed by atoms with Crippen LogP contribution in [-0.2, 0) is 14.6 Å². The first-order valence-corrected chi connectivity index (χ1v) is 12.4. The maximum Gasteiger partial charge on any atom is 0.340 e. The summed E-state index contributed by atoms with van der Waals surface area (Å²) in [6.07, 6.45) is 2.46. The molecule has 0 radical (unpaired) electrons. The van der Waals surface area contributed by atoms with Crippen molar-refractivity contribution in [2.45, 2.75) is 16.2 Å². The third kappa shape index (κ3) is 5.28. The van der Waals surface area contributed by atoms with E-state index in [1.807, 2.05) is 54.6 Å². The van der Waals surface area contributed by atoms with Crippen LogP contribution in [0.5, 0.6) is 11.5 Å². The van der Waals surface area contributed by atoms with Gasteiger partial charge in [0.2, 0.25) is 14.7 Å². The topological polar surface area (TPSA) is 120 Å². The number of benzene rings is 3. The van der Waals surface area contributed by atoms with Crippen molar-refractivity contribution in [2.24, 2.45) is 5.73 Å². The van der Waals surface area contributed by atoms with Gasteiger partial charge in [0.05, 0.1) is 11.3 Å². The van der Waals surface area contributed by atoms with Gasteiger partial charge < -0.3 is 15.6 Å². The average molecular weight is 499 g/mol. The molecule has 8 heteroatoms. The van der Waals surface area contributed by atoms with E-state index < -0.39 is 27.1 Å². The van der Waals surface area contributed by atoms with Gasteiger partial charge in [-0.2, -0.15) is 0 Å². The molecule has 0 saturated heterocycles. The van der Waals surface area contributed by atoms with Crippen molar-refractivity contribution in [1.82, 2.24) is 4.98 Å². The molecule has 0 amide bonds. The fraction of sp³-hybridized carbons (Fsp3) is 0.0714. The van der Waals surface area contributed by atoms with Gasteiger partial charge in [-0.05, 0) is 59.7 Å². The van der Waals surface area contributed by atoms with Crippen molar-refractivity contribution >= 4 is 15.8 Å². The number of hydrogen-bond donors (Lipinski definition) is 2. The number of carbonyl (C=O) groups is 1. The Labute approximate surface area is 209 Å². The SMILES string of the molecule is NC(CC#Cc1cccnc1)(C(=O)O)S(=O)(=O)c1ccc(-c2ccc(Oc3ccccc3)cc2)cc1. The van der Waals surface area contributed by atoms with Crippen molar-refractivity contribution in [3.05, 3.63) is 109 Å². The van der Waals surface area contributed by atoms with Gasteiger partial charge in [-0.15, -0.1) is 0 Å². The van der Waals surface area contributed by atoms with Crippen LogP contribution in [0, 0.1) is 11.8 Å². The molecule has 0 fully saturated rings. The third-order valence-electron chi connectivity index (χ3n) is 5.42. The molecule has 3 N–H and O–H groups in total. The van der Waals surface area contributed by atoms with E-state index in [2.05, 4.69) is 16.8 Å². The van der Waals surface area contributed by atoms with Gasteiger partial charge in [-0.3, -0.25) is 4.98 Å². The van der Waals surface area contributed by atoms with E-state index in [4.69, 9.17) is 10.5 Å². The lowest BCUT2D eigenvalue weighted by Crippen LogP contribution is -2.54. The third-order valence-corrected chi connectivity index (χ3v) is 7.59. The second-order valence-corrected chi connectivity index (χ2v) is 10.1. The Morgan fingerprint density at radius 2 is 1.50 bits per heavy atom. The lowest BCUT2D eigenvalue weighted by molar-refractivity contribution is -0.139. The minimum Gasteiger partial charge on any atom is -0.479 e. The number of rotatable bonds is 7. The highest BCUT2D eigenvalue weighted by Crippen LogP contribution is 2.29. The smallest absolute Gasteiger partial charge is 0.340 e. The Hall–Kier alpha value is -4.45. The Bertz CT molecular complexity index is 1510. The molecule has 0 aliphatic rings. The summed E-state index contributed by atoms with van der Waals surface area (Å²) in [6, 6.07) is 25.9. The highest BCUT2D eigenvalue weighted by Gasteiger charge is 2.48. The molecule has 0 bridgehead atoms. The summed E-state index contributed by atoms with van der Waals surface area (Å²) in [5.74, 6) is 4.97. The molecule has 0 spiro atoms. The zero-order valence-corrected chi connectivity index (χ0v) is 19.9. The van der Waals surface area contributed by atoms with E-state index >= 15 is 0 Å². The zero-order valence-electron chi connectivity index (χ0n) is 19.0. The predicted octanol–water partition coefficient (Wildman–Crippen LogP) is 4.50. The Morgan fingerprint density at radius 3 is 2.08 bits per heavy atom. The van der Waals surface area contributed by atoms with Crippen LogP contribution in [0.3, 0.4) is 0 Å². The number of pyridine rings is 1. The minimum absolute atomic E-state index is 0.205. The van der Waals surface area contributed by atoms with Gasteiger partial charge in [0.1, 0.15) is 11.5 Å². The highest BCUT2D eigenvalue weighted by molar-refractivity contribution is 7.93. The Morgan fingerprint density at radius 1 is 0.889 bits per heavy atom. The van der Waals surface area contributed by atoms with Gasteiger partial charge in [0.15, 0.2) is 0 Å². The molecule has 3 aromatic carbocycles. The molecule has 180 valence electrons. The number of ether oxygens (including phenoxy) is 1. The van der Waals surface area contributed by atoms with E-state index in [1.165, 1.54) is 18.3 Å². The molecule has 0 aliphatic heterocycles. The molecule has 1 aromatic heterocycles. The van der Waals surface area contributed by atoms with Crippen molar-refractivity contribution in [1.29, 1.82) is 0 Å². The van der Waals surface area contributed by atoms with Crippen molar-refractivity contribution in [2.75, 3.05) is 0 Å². The van der Waals surface area contributed by atoms with E-state index in [0.29, 0.717) is 17.1 Å². The van der Waals surface area contributed by atoms with E-state index in [-0.39, 0.29) is 4.90 Å². The van der Waals surface area contributed by atoms with E-state index in [9.17, 15) is 18.3 Å². The van der Waals surface area contributed by atoms with Crippen LogP contribution in [0.2, 0.25) is 0 Å².